The molecule has 0 radical (unpaired) electrons. The molecular formula is C20H16O2S2. The van der Waals surface area contributed by atoms with Gasteiger partial charge >= 0.3 is 0 Å². The minimum Gasteiger partial charge on any atom is -0.489 e. The lowest BCUT2D eigenvalue weighted by molar-refractivity contribution is -0.107. The van der Waals surface area contributed by atoms with E-state index < -0.39 is 0 Å². The zero-order chi connectivity index (χ0) is 17.1. The van der Waals surface area contributed by atoms with Crippen LogP contribution < -0.4 is 4.74 Å². The van der Waals surface area contributed by atoms with E-state index in [9.17, 15) is 4.79 Å². The standard InChI is InChI=1S/C20H16O2S2/c1-3-14(12-22-16-10-6-4-8-13(16)2)18-19(23)15-9-5-7-11-17(15)24-20(18)21/h3-11H,1,12H2,2H3/b18-14-. The van der Waals surface area contributed by atoms with E-state index in [1.165, 1.54) is 11.8 Å². The van der Waals surface area contributed by atoms with E-state index in [0.29, 0.717) is 10.4 Å². The lowest BCUT2D eigenvalue weighted by Gasteiger charge is -2.20. The summed E-state index contributed by atoms with van der Waals surface area (Å²) < 4.78 is 5.88. The van der Waals surface area contributed by atoms with E-state index in [0.717, 1.165) is 27.3 Å². The molecule has 0 N–H and O–H groups in total. The molecule has 3 rings (SSSR count). The second kappa shape index (κ2) is 7.16. The lowest BCUT2D eigenvalue weighted by Crippen LogP contribution is -2.20. The van der Waals surface area contributed by atoms with Crippen LogP contribution in [-0.4, -0.2) is 16.6 Å². The van der Waals surface area contributed by atoms with Gasteiger partial charge in [0, 0.05) is 16.0 Å². The van der Waals surface area contributed by atoms with Gasteiger partial charge < -0.3 is 4.74 Å². The van der Waals surface area contributed by atoms with Gasteiger partial charge in [0.05, 0.1) is 10.4 Å². The maximum Gasteiger partial charge on any atom is 0.226 e. The van der Waals surface area contributed by atoms with Crippen molar-refractivity contribution in [3.8, 4) is 5.75 Å². The van der Waals surface area contributed by atoms with Crippen LogP contribution in [0, 0.1) is 6.92 Å². The Morgan fingerprint density at radius 1 is 1.21 bits per heavy atom. The highest BCUT2D eigenvalue weighted by molar-refractivity contribution is 8.14. The van der Waals surface area contributed by atoms with E-state index in [-0.39, 0.29) is 11.7 Å². The fourth-order valence-electron chi connectivity index (χ4n) is 2.51. The molecule has 0 saturated heterocycles. The second-order valence-electron chi connectivity index (χ2n) is 5.37. The van der Waals surface area contributed by atoms with Gasteiger partial charge in [0.15, 0.2) is 0 Å². The minimum absolute atomic E-state index is 0.0537. The molecule has 0 bridgehead atoms. The number of hydrogen-bond acceptors (Lipinski definition) is 4. The van der Waals surface area contributed by atoms with E-state index in [4.69, 9.17) is 17.0 Å². The molecule has 0 saturated carbocycles. The van der Waals surface area contributed by atoms with E-state index in [1.54, 1.807) is 6.08 Å². The largest absolute Gasteiger partial charge is 0.489 e. The van der Waals surface area contributed by atoms with Gasteiger partial charge in [-0.05, 0) is 36.4 Å². The summed E-state index contributed by atoms with van der Waals surface area (Å²) in [5.41, 5.74) is 3.21. The highest BCUT2D eigenvalue weighted by Gasteiger charge is 2.28. The van der Waals surface area contributed by atoms with Crippen LogP contribution in [0.2, 0.25) is 0 Å². The normalized spacial score (nSPS) is 15.7. The summed E-state index contributed by atoms with van der Waals surface area (Å²) in [6.07, 6.45) is 1.66. The Morgan fingerprint density at radius 3 is 2.67 bits per heavy atom. The molecule has 2 nitrogen and oxygen atoms in total. The number of thiocarbonyl (C=S) groups is 1. The number of benzene rings is 2. The molecule has 0 fully saturated rings. The average Bonchev–Trinajstić information content (AvgIpc) is 2.59. The van der Waals surface area contributed by atoms with Crippen LogP contribution in [0.15, 0.2) is 77.2 Å². The number of carbonyl (C=O) groups is 1. The Hall–Kier alpha value is -2.17. The molecule has 0 aromatic heterocycles. The van der Waals surface area contributed by atoms with E-state index in [2.05, 4.69) is 6.58 Å². The Morgan fingerprint density at radius 2 is 1.92 bits per heavy atom. The first-order valence-electron chi connectivity index (χ1n) is 7.51. The highest BCUT2D eigenvalue weighted by Crippen LogP contribution is 2.36. The summed E-state index contributed by atoms with van der Waals surface area (Å²) >= 11 is 6.77. The molecule has 0 spiro atoms. The van der Waals surface area contributed by atoms with Gasteiger partial charge in [-0.15, -0.1) is 0 Å². The smallest absolute Gasteiger partial charge is 0.226 e. The van der Waals surface area contributed by atoms with Gasteiger partial charge in [-0.2, -0.15) is 0 Å². The zero-order valence-electron chi connectivity index (χ0n) is 13.2. The number of para-hydroxylation sites is 1. The molecule has 1 heterocycles. The van der Waals surface area contributed by atoms with Gasteiger partial charge in [0.1, 0.15) is 12.4 Å². The maximum absolute atomic E-state index is 12.6. The van der Waals surface area contributed by atoms with Crippen LogP contribution in [0.5, 0.6) is 5.75 Å². The van der Waals surface area contributed by atoms with Crippen molar-refractivity contribution in [3.05, 3.63) is 83.5 Å². The summed E-state index contributed by atoms with van der Waals surface area (Å²) in [7, 11) is 0. The van der Waals surface area contributed by atoms with Gasteiger partial charge in [-0.3, -0.25) is 4.79 Å². The molecule has 2 aromatic rings. The second-order valence-corrected chi connectivity index (χ2v) is 6.80. The molecule has 1 aliphatic heterocycles. The van der Waals surface area contributed by atoms with Crippen LogP contribution >= 0.6 is 24.0 Å². The summed E-state index contributed by atoms with van der Waals surface area (Å²) in [6, 6.07) is 15.5. The first-order valence-corrected chi connectivity index (χ1v) is 8.74. The molecule has 24 heavy (non-hydrogen) atoms. The van der Waals surface area contributed by atoms with Crippen molar-refractivity contribution in [2.45, 2.75) is 11.8 Å². The van der Waals surface area contributed by atoms with Crippen molar-refractivity contribution >= 4 is 34.0 Å². The molecule has 120 valence electrons. The summed E-state index contributed by atoms with van der Waals surface area (Å²) in [4.78, 5) is 14.0. The van der Waals surface area contributed by atoms with Crippen molar-refractivity contribution in [1.82, 2.24) is 0 Å². The minimum atomic E-state index is -0.0537. The Balaban J connectivity index is 1.93. The fraction of sp³-hybridized carbons (Fsp3) is 0.100. The number of carbonyl (C=O) groups excluding carboxylic acids is 1. The first-order chi connectivity index (χ1) is 11.6. The quantitative estimate of drug-likeness (QED) is 0.577. The number of aryl methyl sites for hydroxylation is 1. The summed E-state index contributed by atoms with van der Waals surface area (Å²) in [5.74, 6) is 0.791. The van der Waals surface area contributed by atoms with Crippen LogP contribution in [0.4, 0.5) is 0 Å². The van der Waals surface area contributed by atoms with E-state index in [1.807, 2.05) is 55.5 Å². The number of ether oxygens (including phenoxy) is 1. The number of rotatable bonds is 4. The fourth-order valence-corrected chi connectivity index (χ4v) is 4.00. The molecule has 4 heteroatoms. The molecule has 1 aliphatic rings. The Labute approximate surface area is 151 Å². The maximum atomic E-state index is 12.6. The third-order valence-corrected chi connectivity index (χ3v) is 5.20. The van der Waals surface area contributed by atoms with Crippen molar-refractivity contribution in [1.29, 1.82) is 0 Å². The van der Waals surface area contributed by atoms with Crippen molar-refractivity contribution in [2.24, 2.45) is 0 Å². The zero-order valence-corrected chi connectivity index (χ0v) is 14.9. The number of fused-ring (bicyclic) bond motifs is 1. The predicted octanol–water partition coefficient (Wildman–Crippen LogP) is 4.91. The van der Waals surface area contributed by atoms with Crippen molar-refractivity contribution in [3.63, 3.8) is 0 Å². The Kier molecular flexibility index (Phi) is 4.97. The third kappa shape index (κ3) is 3.21. The highest BCUT2D eigenvalue weighted by atomic mass is 32.2. The number of hydrogen-bond donors (Lipinski definition) is 0. The summed E-state index contributed by atoms with van der Waals surface area (Å²) in [5, 5.41) is -0.0537. The third-order valence-electron chi connectivity index (χ3n) is 3.81. The monoisotopic (exact) mass is 352 g/mol. The van der Waals surface area contributed by atoms with Crippen molar-refractivity contribution < 1.29 is 9.53 Å². The predicted molar refractivity (Wildman–Crippen MR) is 103 cm³/mol. The van der Waals surface area contributed by atoms with Gasteiger partial charge in [0.25, 0.3) is 0 Å². The van der Waals surface area contributed by atoms with Crippen LogP contribution in [0.3, 0.4) is 0 Å². The molecule has 0 amide bonds. The van der Waals surface area contributed by atoms with Crippen LogP contribution in [0.25, 0.3) is 0 Å². The molecular weight excluding hydrogens is 336 g/mol. The van der Waals surface area contributed by atoms with Crippen molar-refractivity contribution in [2.75, 3.05) is 6.61 Å². The van der Waals surface area contributed by atoms with E-state index >= 15 is 0 Å². The summed E-state index contributed by atoms with van der Waals surface area (Å²) in [6.45, 7) is 6.08. The van der Waals surface area contributed by atoms with Gasteiger partial charge in [-0.1, -0.05) is 61.3 Å². The van der Waals surface area contributed by atoms with Gasteiger partial charge in [-0.25, -0.2) is 0 Å². The topological polar surface area (TPSA) is 26.3 Å². The SMILES string of the molecule is C=C/C(COc1ccccc1C)=C1/C(=O)Sc2ccccc2C1=S. The molecule has 0 unspecified atom stereocenters. The van der Waals surface area contributed by atoms with Crippen LogP contribution in [0.1, 0.15) is 11.1 Å². The first kappa shape index (κ1) is 16.7. The molecule has 0 atom stereocenters. The average molecular weight is 352 g/mol. The number of thioether (sulfide) groups is 1. The Bertz CT molecular complexity index is 865. The lowest BCUT2D eigenvalue weighted by atomic mass is 10.00. The molecule has 2 aromatic carbocycles. The van der Waals surface area contributed by atoms with Gasteiger partial charge in [0.2, 0.25) is 5.12 Å². The van der Waals surface area contributed by atoms with Crippen LogP contribution in [-0.2, 0) is 4.79 Å². The molecule has 0 aliphatic carbocycles.